The zero-order chi connectivity index (χ0) is 20.4. The van der Waals surface area contributed by atoms with E-state index in [1.807, 2.05) is 54.6 Å². The molecule has 0 spiro atoms. The van der Waals surface area contributed by atoms with Gasteiger partial charge in [-0.3, -0.25) is 14.4 Å². The van der Waals surface area contributed by atoms with E-state index in [-0.39, 0.29) is 29.9 Å². The minimum atomic E-state index is -0.538. The highest BCUT2D eigenvalue weighted by Crippen LogP contribution is 2.30. The minimum Gasteiger partial charge on any atom is -0.325 e. The SMILES string of the molecule is O=C(CS[C@H]1CC(=O)N(c2ccc(I)cc2)C1=O)Nc1ccc2ccccc2c1. The first-order valence-electron chi connectivity index (χ1n) is 9.04. The van der Waals surface area contributed by atoms with E-state index in [0.717, 1.165) is 14.3 Å². The highest BCUT2D eigenvalue weighted by molar-refractivity contribution is 14.1. The van der Waals surface area contributed by atoms with Crippen LogP contribution in [0.3, 0.4) is 0 Å². The van der Waals surface area contributed by atoms with Crippen molar-refractivity contribution in [2.45, 2.75) is 11.7 Å². The van der Waals surface area contributed by atoms with Crippen LogP contribution in [-0.2, 0) is 14.4 Å². The van der Waals surface area contributed by atoms with Crippen LogP contribution in [-0.4, -0.2) is 28.7 Å². The molecular formula is C22H17IN2O3S. The molecule has 0 aliphatic carbocycles. The summed E-state index contributed by atoms with van der Waals surface area (Å²) in [6.45, 7) is 0. The van der Waals surface area contributed by atoms with Crippen LogP contribution in [0.4, 0.5) is 11.4 Å². The van der Waals surface area contributed by atoms with Crippen molar-refractivity contribution in [2.75, 3.05) is 16.0 Å². The Balaban J connectivity index is 1.37. The molecule has 0 aromatic heterocycles. The van der Waals surface area contributed by atoms with Crippen molar-refractivity contribution >= 4 is 74.2 Å². The molecule has 3 aromatic rings. The van der Waals surface area contributed by atoms with Gasteiger partial charge in [-0.2, -0.15) is 0 Å². The van der Waals surface area contributed by atoms with Crippen molar-refractivity contribution in [3.63, 3.8) is 0 Å². The smallest absolute Gasteiger partial charge is 0.247 e. The van der Waals surface area contributed by atoms with Gasteiger partial charge in [-0.1, -0.05) is 30.3 Å². The second kappa shape index (κ2) is 8.54. The molecule has 1 aliphatic rings. The molecule has 0 bridgehead atoms. The molecule has 4 rings (SSSR count). The number of hydrogen-bond acceptors (Lipinski definition) is 4. The maximum atomic E-state index is 12.7. The molecule has 1 aliphatic heterocycles. The third-order valence-corrected chi connectivity index (χ3v) is 6.56. The van der Waals surface area contributed by atoms with Crippen LogP contribution < -0.4 is 10.2 Å². The molecule has 146 valence electrons. The Morgan fingerprint density at radius 1 is 1.03 bits per heavy atom. The third kappa shape index (κ3) is 4.45. The molecule has 1 N–H and O–H groups in total. The molecule has 7 heteroatoms. The van der Waals surface area contributed by atoms with Gasteiger partial charge in [0.25, 0.3) is 0 Å². The number of halogens is 1. The quantitative estimate of drug-likeness (QED) is 0.402. The molecule has 29 heavy (non-hydrogen) atoms. The Morgan fingerprint density at radius 3 is 2.52 bits per heavy atom. The number of fused-ring (bicyclic) bond motifs is 1. The van der Waals surface area contributed by atoms with Gasteiger partial charge < -0.3 is 5.32 Å². The summed E-state index contributed by atoms with van der Waals surface area (Å²) in [5.41, 5.74) is 1.28. The van der Waals surface area contributed by atoms with Crippen molar-refractivity contribution in [2.24, 2.45) is 0 Å². The molecule has 1 saturated heterocycles. The lowest BCUT2D eigenvalue weighted by atomic mass is 10.1. The van der Waals surface area contributed by atoms with E-state index < -0.39 is 5.25 Å². The Morgan fingerprint density at radius 2 is 1.76 bits per heavy atom. The molecule has 0 saturated carbocycles. The Labute approximate surface area is 186 Å². The number of anilines is 2. The van der Waals surface area contributed by atoms with E-state index in [4.69, 9.17) is 0 Å². The molecule has 3 aromatic carbocycles. The largest absolute Gasteiger partial charge is 0.325 e. The molecule has 1 fully saturated rings. The van der Waals surface area contributed by atoms with E-state index in [1.165, 1.54) is 16.7 Å². The van der Waals surface area contributed by atoms with Crippen LogP contribution in [0, 0.1) is 3.57 Å². The number of rotatable bonds is 5. The van der Waals surface area contributed by atoms with Gasteiger partial charge in [-0.15, -0.1) is 11.8 Å². The van der Waals surface area contributed by atoms with Gasteiger partial charge in [0, 0.05) is 15.7 Å². The first kappa shape index (κ1) is 19.9. The van der Waals surface area contributed by atoms with E-state index in [1.54, 1.807) is 12.1 Å². The summed E-state index contributed by atoms with van der Waals surface area (Å²) >= 11 is 3.37. The summed E-state index contributed by atoms with van der Waals surface area (Å²) in [6, 6.07) is 20.9. The van der Waals surface area contributed by atoms with Crippen LogP contribution >= 0.6 is 34.4 Å². The number of thioether (sulfide) groups is 1. The molecule has 1 atom stereocenters. The molecule has 3 amide bonds. The lowest BCUT2D eigenvalue weighted by Gasteiger charge is -2.15. The van der Waals surface area contributed by atoms with Gasteiger partial charge in [-0.05, 0) is 69.8 Å². The predicted octanol–water partition coefficient (Wildman–Crippen LogP) is 4.45. The van der Waals surface area contributed by atoms with Crippen LogP contribution in [0.15, 0.2) is 66.7 Å². The molecule has 1 heterocycles. The Hall–Kier alpha value is -2.39. The van der Waals surface area contributed by atoms with E-state index in [9.17, 15) is 14.4 Å². The first-order chi connectivity index (χ1) is 14.0. The van der Waals surface area contributed by atoms with E-state index in [2.05, 4.69) is 27.9 Å². The molecule has 0 radical (unpaired) electrons. The molecule has 0 unspecified atom stereocenters. The predicted molar refractivity (Wildman–Crippen MR) is 125 cm³/mol. The number of carbonyl (C=O) groups excluding carboxylic acids is 3. The number of hydrogen-bond donors (Lipinski definition) is 1. The fraction of sp³-hybridized carbons (Fsp3) is 0.136. The number of nitrogens with zero attached hydrogens (tertiary/aromatic N) is 1. The summed E-state index contributed by atoms with van der Waals surface area (Å²) in [5, 5.41) is 4.47. The number of benzene rings is 3. The highest BCUT2D eigenvalue weighted by atomic mass is 127. The number of carbonyl (C=O) groups is 3. The van der Waals surface area contributed by atoms with Crippen molar-refractivity contribution in [1.29, 1.82) is 0 Å². The monoisotopic (exact) mass is 516 g/mol. The standard InChI is InChI=1S/C22H17IN2O3S/c23-16-6-9-18(10-7-16)25-21(27)12-19(22(25)28)29-13-20(26)24-17-8-5-14-3-1-2-4-15(14)11-17/h1-11,19H,12-13H2,(H,24,26)/t19-/m0/s1. The van der Waals surface area contributed by atoms with Gasteiger partial charge in [0.05, 0.1) is 16.7 Å². The summed E-state index contributed by atoms with van der Waals surface area (Å²) in [7, 11) is 0. The zero-order valence-electron chi connectivity index (χ0n) is 15.3. The highest BCUT2D eigenvalue weighted by Gasteiger charge is 2.40. The van der Waals surface area contributed by atoms with Gasteiger partial charge in [0.1, 0.15) is 0 Å². The summed E-state index contributed by atoms with van der Waals surface area (Å²) in [4.78, 5) is 38.6. The van der Waals surface area contributed by atoms with E-state index >= 15 is 0 Å². The lowest BCUT2D eigenvalue weighted by Crippen LogP contribution is -2.31. The Bertz CT molecular complexity index is 1100. The van der Waals surface area contributed by atoms with Gasteiger partial charge >= 0.3 is 0 Å². The number of imide groups is 1. The second-order valence-corrected chi connectivity index (χ2v) is 9.09. The summed E-state index contributed by atoms with van der Waals surface area (Å²) < 4.78 is 1.03. The Kier molecular flexibility index (Phi) is 5.86. The summed E-state index contributed by atoms with van der Waals surface area (Å²) in [6.07, 6.45) is 0.110. The van der Waals surface area contributed by atoms with Gasteiger partial charge in [-0.25, -0.2) is 4.90 Å². The van der Waals surface area contributed by atoms with Gasteiger partial charge in [0.15, 0.2) is 0 Å². The van der Waals surface area contributed by atoms with Gasteiger partial charge in [0.2, 0.25) is 17.7 Å². The number of amides is 3. The fourth-order valence-electron chi connectivity index (χ4n) is 3.24. The van der Waals surface area contributed by atoms with Crippen LogP contribution in [0.1, 0.15) is 6.42 Å². The van der Waals surface area contributed by atoms with Crippen molar-refractivity contribution in [1.82, 2.24) is 0 Å². The van der Waals surface area contributed by atoms with Crippen molar-refractivity contribution in [3.8, 4) is 0 Å². The van der Waals surface area contributed by atoms with Crippen LogP contribution in [0.2, 0.25) is 0 Å². The average molecular weight is 516 g/mol. The number of nitrogens with one attached hydrogen (secondary N) is 1. The molecule has 5 nitrogen and oxygen atoms in total. The second-order valence-electron chi connectivity index (χ2n) is 6.66. The maximum absolute atomic E-state index is 12.7. The van der Waals surface area contributed by atoms with Crippen molar-refractivity contribution in [3.05, 3.63) is 70.3 Å². The van der Waals surface area contributed by atoms with Crippen molar-refractivity contribution < 1.29 is 14.4 Å². The first-order valence-corrected chi connectivity index (χ1v) is 11.2. The maximum Gasteiger partial charge on any atom is 0.247 e. The summed E-state index contributed by atoms with van der Waals surface area (Å²) in [5.74, 6) is -0.585. The average Bonchev–Trinajstić information content (AvgIpc) is 3.00. The lowest BCUT2D eigenvalue weighted by molar-refractivity contribution is -0.121. The third-order valence-electron chi connectivity index (χ3n) is 4.64. The van der Waals surface area contributed by atoms with Crippen LogP contribution in [0.25, 0.3) is 10.8 Å². The fourth-order valence-corrected chi connectivity index (χ4v) is 4.53. The zero-order valence-corrected chi connectivity index (χ0v) is 18.3. The topological polar surface area (TPSA) is 66.5 Å². The minimum absolute atomic E-state index is 0.108. The normalized spacial score (nSPS) is 16.4. The molecular weight excluding hydrogens is 499 g/mol. The van der Waals surface area contributed by atoms with Crippen LogP contribution in [0.5, 0.6) is 0 Å². The van der Waals surface area contributed by atoms with E-state index in [0.29, 0.717) is 11.4 Å².